The summed E-state index contributed by atoms with van der Waals surface area (Å²) < 4.78 is 0. The lowest BCUT2D eigenvalue weighted by Crippen LogP contribution is -2.04. The highest BCUT2D eigenvalue weighted by Crippen LogP contribution is 2.09. The van der Waals surface area contributed by atoms with E-state index in [0.29, 0.717) is 12.8 Å². The topological polar surface area (TPSA) is 57.5 Å². The summed E-state index contributed by atoms with van der Waals surface area (Å²) in [5, 5.41) is 17.7. The van der Waals surface area contributed by atoms with Crippen LogP contribution in [0.4, 0.5) is 0 Å². The molecule has 2 N–H and O–H groups in total. The van der Waals surface area contributed by atoms with Crippen LogP contribution in [0.5, 0.6) is 0 Å². The minimum Gasteiger partial charge on any atom is -0.481 e. The molecule has 0 saturated heterocycles. The van der Waals surface area contributed by atoms with Crippen LogP contribution in [0.2, 0.25) is 0 Å². The summed E-state index contributed by atoms with van der Waals surface area (Å²) in [4.78, 5) is 10.3. The molecule has 0 radical (unpaired) electrons. The van der Waals surface area contributed by atoms with Gasteiger partial charge < -0.3 is 10.2 Å². The number of hydrogen-bond acceptors (Lipinski definition) is 2. The zero-order valence-electron chi connectivity index (χ0n) is 9.52. The molecule has 3 nitrogen and oxygen atoms in total. The Hall–Kier alpha value is -1.35. The minimum absolute atomic E-state index is 0.218. The number of aliphatic hydroxyl groups excluding tert-OH is 1. The smallest absolute Gasteiger partial charge is 0.303 e. The van der Waals surface area contributed by atoms with E-state index in [1.807, 2.05) is 24.3 Å². The lowest BCUT2D eigenvalue weighted by Gasteiger charge is -2.05. The lowest BCUT2D eigenvalue weighted by molar-refractivity contribution is -0.137. The molecule has 16 heavy (non-hydrogen) atoms. The second kappa shape index (κ2) is 6.28. The van der Waals surface area contributed by atoms with Gasteiger partial charge in [0.25, 0.3) is 0 Å². The van der Waals surface area contributed by atoms with E-state index in [-0.39, 0.29) is 12.5 Å². The fraction of sp³-hybridized carbons (Fsp3) is 0.462. The maximum atomic E-state index is 10.3. The van der Waals surface area contributed by atoms with Crippen molar-refractivity contribution in [3.05, 3.63) is 35.4 Å². The fourth-order valence-electron chi connectivity index (χ4n) is 1.63. The Kier molecular flexibility index (Phi) is 4.99. The number of carboxylic acid groups (broad SMARTS) is 1. The van der Waals surface area contributed by atoms with E-state index in [2.05, 4.69) is 0 Å². The van der Waals surface area contributed by atoms with E-state index in [9.17, 15) is 9.90 Å². The van der Waals surface area contributed by atoms with E-state index in [0.717, 1.165) is 17.5 Å². The van der Waals surface area contributed by atoms with Crippen molar-refractivity contribution in [1.82, 2.24) is 0 Å². The van der Waals surface area contributed by atoms with E-state index < -0.39 is 5.97 Å². The van der Waals surface area contributed by atoms with Gasteiger partial charge in [-0.05, 0) is 37.3 Å². The molecule has 0 spiro atoms. The highest BCUT2D eigenvalue weighted by Gasteiger charge is 2.00. The van der Waals surface area contributed by atoms with E-state index in [1.165, 1.54) is 0 Å². The first-order chi connectivity index (χ1) is 7.58. The summed E-state index contributed by atoms with van der Waals surface area (Å²) in [5.41, 5.74) is 2.26. The molecule has 0 heterocycles. The monoisotopic (exact) mass is 222 g/mol. The molecule has 0 aliphatic heterocycles. The normalized spacial score (nSPS) is 12.4. The summed E-state index contributed by atoms with van der Waals surface area (Å²) in [5.74, 6) is -0.745. The van der Waals surface area contributed by atoms with Gasteiger partial charge in [0.1, 0.15) is 0 Å². The molecule has 1 aromatic carbocycles. The lowest BCUT2D eigenvalue weighted by atomic mass is 10.0. The molecule has 1 aromatic rings. The van der Waals surface area contributed by atoms with Crippen LogP contribution in [-0.2, 0) is 17.6 Å². The molecule has 0 fully saturated rings. The molecule has 0 aromatic heterocycles. The summed E-state index contributed by atoms with van der Waals surface area (Å²) in [6.07, 6.45) is 2.02. The zero-order valence-corrected chi connectivity index (χ0v) is 9.52. The zero-order chi connectivity index (χ0) is 12.0. The van der Waals surface area contributed by atoms with Gasteiger partial charge in [0, 0.05) is 6.42 Å². The first-order valence-corrected chi connectivity index (χ1v) is 5.55. The summed E-state index contributed by atoms with van der Waals surface area (Å²) >= 11 is 0. The Morgan fingerprint density at radius 2 is 1.81 bits per heavy atom. The van der Waals surface area contributed by atoms with Crippen molar-refractivity contribution < 1.29 is 15.0 Å². The maximum Gasteiger partial charge on any atom is 0.303 e. The molecule has 3 heteroatoms. The number of hydrogen-bond donors (Lipinski definition) is 2. The summed E-state index contributed by atoms with van der Waals surface area (Å²) in [6, 6.07) is 7.98. The Labute approximate surface area is 95.7 Å². The van der Waals surface area contributed by atoms with Gasteiger partial charge in [0.05, 0.1) is 6.10 Å². The first kappa shape index (κ1) is 12.7. The number of aliphatic hydroxyl groups is 1. The predicted molar refractivity (Wildman–Crippen MR) is 62.4 cm³/mol. The molecular weight excluding hydrogens is 204 g/mol. The number of rotatable bonds is 6. The van der Waals surface area contributed by atoms with Crippen LogP contribution in [0.1, 0.15) is 30.9 Å². The Balaban J connectivity index is 2.42. The van der Waals surface area contributed by atoms with Crippen LogP contribution in [0.25, 0.3) is 0 Å². The van der Waals surface area contributed by atoms with Crippen molar-refractivity contribution in [2.24, 2.45) is 0 Å². The molecule has 0 aliphatic rings. The highest BCUT2D eigenvalue weighted by molar-refractivity contribution is 5.66. The number of benzene rings is 1. The van der Waals surface area contributed by atoms with Crippen molar-refractivity contribution in [2.75, 3.05) is 0 Å². The largest absolute Gasteiger partial charge is 0.481 e. The van der Waals surface area contributed by atoms with Crippen molar-refractivity contribution in [2.45, 2.75) is 38.7 Å². The van der Waals surface area contributed by atoms with E-state index in [4.69, 9.17) is 5.11 Å². The molecule has 1 rings (SSSR count). The van der Waals surface area contributed by atoms with Crippen molar-refractivity contribution in [3.63, 3.8) is 0 Å². The number of aliphatic carboxylic acids is 1. The average Bonchev–Trinajstić information content (AvgIpc) is 2.19. The highest BCUT2D eigenvalue weighted by atomic mass is 16.4. The number of carbonyl (C=O) groups is 1. The van der Waals surface area contributed by atoms with Crippen molar-refractivity contribution in [3.8, 4) is 0 Å². The fourth-order valence-corrected chi connectivity index (χ4v) is 1.63. The standard InChI is InChI=1S/C13H18O3/c1-10(14)9-12-7-5-11(6-8-12)3-2-4-13(15)16/h5-8,10,14H,2-4,9H2,1H3,(H,15,16). The summed E-state index contributed by atoms with van der Waals surface area (Å²) in [7, 11) is 0. The molecule has 0 aliphatic carbocycles. The second-order valence-corrected chi connectivity index (χ2v) is 4.12. The molecule has 0 amide bonds. The SMILES string of the molecule is CC(O)Cc1ccc(CCCC(=O)O)cc1. The molecular formula is C13H18O3. The van der Waals surface area contributed by atoms with Gasteiger partial charge in [0.2, 0.25) is 0 Å². The quantitative estimate of drug-likeness (QED) is 0.774. The third-order valence-electron chi connectivity index (χ3n) is 2.41. The van der Waals surface area contributed by atoms with E-state index >= 15 is 0 Å². The number of carboxylic acids is 1. The van der Waals surface area contributed by atoms with Gasteiger partial charge in [-0.3, -0.25) is 4.79 Å². The number of aryl methyl sites for hydroxylation is 1. The van der Waals surface area contributed by atoms with Gasteiger partial charge in [-0.25, -0.2) is 0 Å². The van der Waals surface area contributed by atoms with Gasteiger partial charge in [-0.15, -0.1) is 0 Å². The van der Waals surface area contributed by atoms with Crippen LogP contribution in [0, 0.1) is 0 Å². The molecule has 0 saturated carbocycles. The third-order valence-corrected chi connectivity index (χ3v) is 2.41. The van der Waals surface area contributed by atoms with Gasteiger partial charge >= 0.3 is 5.97 Å². The van der Waals surface area contributed by atoms with Gasteiger partial charge in [0.15, 0.2) is 0 Å². The van der Waals surface area contributed by atoms with Gasteiger partial charge in [-0.2, -0.15) is 0 Å². The van der Waals surface area contributed by atoms with Gasteiger partial charge in [-0.1, -0.05) is 24.3 Å². The third kappa shape index (κ3) is 4.94. The molecule has 1 atom stereocenters. The minimum atomic E-state index is -0.745. The van der Waals surface area contributed by atoms with Crippen LogP contribution < -0.4 is 0 Å². The van der Waals surface area contributed by atoms with Crippen LogP contribution >= 0.6 is 0 Å². The predicted octanol–water partition coefficient (Wildman–Crippen LogP) is 2.02. The second-order valence-electron chi connectivity index (χ2n) is 4.12. The first-order valence-electron chi connectivity index (χ1n) is 5.55. The van der Waals surface area contributed by atoms with E-state index in [1.54, 1.807) is 6.92 Å². The Morgan fingerprint density at radius 1 is 1.25 bits per heavy atom. The Bertz CT molecular complexity index is 328. The van der Waals surface area contributed by atoms with Crippen molar-refractivity contribution >= 4 is 5.97 Å². The average molecular weight is 222 g/mol. The van der Waals surface area contributed by atoms with Crippen LogP contribution in [0.3, 0.4) is 0 Å². The molecule has 88 valence electrons. The van der Waals surface area contributed by atoms with Crippen molar-refractivity contribution in [1.29, 1.82) is 0 Å². The van der Waals surface area contributed by atoms with Crippen LogP contribution in [-0.4, -0.2) is 22.3 Å². The molecule has 1 unspecified atom stereocenters. The Morgan fingerprint density at radius 3 is 2.31 bits per heavy atom. The van der Waals surface area contributed by atoms with Crippen LogP contribution in [0.15, 0.2) is 24.3 Å². The maximum absolute atomic E-state index is 10.3. The molecule has 0 bridgehead atoms. The summed E-state index contributed by atoms with van der Waals surface area (Å²) in [6.45, 7) is 1.76.